The molecule has 0 aromatic carbocycles. The zero-order chi connectivity index (χ0) is 13.5. The van der Waals surface area contributed by atoms with Crippen LogP contribution in [0.1, 0.15) is 16.4 Å². The van der Waals surface area contributed by atoms with E-state index in [1.165, 1.54) is 18.7 Å². The summed E-state index contributed by atoms with van der Waals surface area (Å²) in [5.41, 5.74) is 0. The first-order valence-corrected chi connectivity index (χ1v) is 5.68. The molecule has 0 atom stereocenters. The first-order valence-electron chi connectivity index (χ1n) is 5.68. The predicted molar refractivity (Wildman–Crippen MR) is 64.1 cm³/mol. The molecule has 8 heteroatoms. The fourth-order valence-electron chi connectivity index (χ4n) is 1.39. The Morgan fingerprint density at radius 1 is 1.37 bits per heavy atom. The van der Waals surface area contributed by atoms with Gasteiger partial charge in [0.25, 0.3) is 5.91 Å². The molecule has 2 heterocycles. The van der Waals surface area contributed by atoms with Gasteiger partial charge in [-0.1, -0.05) is 0 Å². The van der Waals surface area contributed by atoms with Crippen molar-refractivity contribution in [1.82, 2.24) is 25.8 Å². The van der Waals surface area contributed by atoms with Crippen LogP contribution in [0.25, 0.3) is 0 Å². The summed E-state index contributed by atoms with van der Waals surface area (Å²) < 4.78 is 4.89. The molecule has 19 heavy (non-hydrogen) atoms. The maximum atomic E-state index is 11.5. The van der Waals surface area contributed by atoms with Crippen LogP contribution in [0, 0.1) is 0 Å². The summed E-state index contributed by atoms with van der Waals surface area (Å²) in [5, 5.41) is 11.5. The molecule has 0 aliphatic carbocycles. The summed E-state index contributed by atoms with van der Waals surface area (Å²) in [5.74, 6) is 0.171. The second kappa shape index (κ2) is 6.34. The first-order chi connectivity index (χ1) is 9.25. The summed E-state index contributed by atoms with van der Waals surface area (Å²) in [6.07, 6.45) is 3.35. The molecule has 2 amide bonds. The second-order valence-corrected chi connectivity index (χ2v) is 3.69. The van der Waals surface area contributed by atoms with E-state index in [4.69, 9.17) is 4.42 Å². The van der Waals surface area contributed by atoms with E-state index in [9.17, 15) is 9.59 Å². The third-order valence-corrected chi connectivity index (χ3v) is 2.30. The molecule has 2 aromatic heterocycles. The number of aromatic amines is 1. The summed E-state index contributed by atoms with van der Waals surface area (Å²) in [7, 11) is 0. The van der Waals surface area contributed by atoms with E-state index < -0.39 is 5.91 Å². The monoisotopic (exact) mass is 263 g/mol. The minimum atomic E-state index is -0.421. The Morgan fingerprint density at radius 2 is 2.26 bits per heavy atom. The van der Waals surface area contributed by atoms with Gasteiger partial charge in [-0.2, -0.15) is 5.10 Å². The Labute approximate surface area is 108 Å². The van der Waals surface area contributed by atoms with Crippen LogP contribution in [0.3, 0.4) is 0 Å². The largest absolute Gasteiger partial charge is 0.459 e. The third-order valence-electron chi connectivity index (χ3n) is 2.30. The Hall–Kier alpha value is -2.64. The van der Waals surface area contributed by atoms with E-state index >= 15 is 0 Å². The van der Waals surface area contributed by atoms with Crippen molar-refractivity contribution in [2.75, 3.05) is 13.1 Å². The van der Waals surface area contributed by atoms with Gasteiger partial charge in [-0.25, -0.2) is 4.98 Å². The molecular weight excluding hydrogens is 250 g/mol. The predicted octanol–water partition coefficient (Wildman–Crippen LogP) is -0.514. The van der Waals surface area contributed by atoms with E-state index in [-0.39, 0.29) is 18.2 Å². The number of furan rings is 1. The van der Waals surface area contributed by atoms with Gasteiger partial charge in [0.2, 0.25) is 5.91 Å². The van der Waals surface area contributed by atoms with Gasteiger partial charge in [0.15, 0.2) is 5.76 Å². The molecule has 3 N–H and O–H groups in total. The van der Waals surface area contributed by atoms with Crippen LogP contribution in [0.15, 0.2) is 29.1 Å². The summed E-state index contributed by atoms with van der Waals surface area (Å²) >= 11 is 0. The molecule has 0 unspecified atom stereocenters. The molecule has 8 nitrogen and oxygen atoms in total. The average molecular weight is 263 g/mol. The Morgan fingerprint density at radius 3 is 2.95 bits per heavy atom. The maximum absolute atomic E-state index is 11.5. The van der Waals surface area contributed by atoms with E-state index in [0.29, 0.717) is 18.8 Å². The van der Waals surface area contributed by atoms with Crippen molar-refractivity contribution in [2.24, 2.45) is 0 Å². The Kier molecular flexibility index (Phi) is 4.27. The van der Waals surface area contributed by atoms with Gasteiger partial charge in [0, 0.05) is 13.0 Å². The lowest BCUT2D eigenvalue weighted by molar-refractivity contribution is -0.120. The molecule has 0 aliphatic heterocycles. The number of hydrogen-bond acceptors (Lipinski definition) is 5. The van der Waals surface area contributed by atoms with Crippen molar-refractivity contribution in [1.29, 1.82) is 0 Å². The zero-order valence-corrected chi connectivity index (χ0v) is 10.0. The fourth-order valence-corrected chi connectivity index (χ4v) is 1.39. The van der Waals surface area contributed by atoms with Gasteiger partial charge in [0.1, 0.15) is 12.2 Å². The van der Waals surface area contributed by atoms with E-state index in [1.54, 1.807) is 6.07 Å². The maximum Gasteiger partial charge on any atom is 0.287 e. The first kappa shape index (κ1) is 12.8. The summed E-state index contributed by atoms with van der Waals surface area (Å²) in [6, 6.07) is 3.13. The molecule has 0 aliphatic rings. The Balaban J connectivity index is 1.63. The molecule has 0 saturated heterocycles. The lowest BCUT2D eigenvalue weighted by atomic mass is 10.4. The fraction of sp³-hybridized carbons (Fsp3) is 0.273. The molecule has 0 bridgehead atoms. The smallest absolute Gasteiger partial charge is 0.287 e. The Bertz CT molecular complexity index is 521. The number of hydrogen-bond donors (Lipinski definition) is 3. The van der Waals surface area contributed by atoms with Gasteiger partial charge in [0.05, 0.1) is 12.8 Å². The minimum Gasteiger partial charge on any atom is -0.459 e. The van der Waals surface area contributed by atoms with Gasteiger partial charge in [-0.05, 0) is 12.1 Å². The van der Waals surface area contributed by atoms with Crippen LogP contribution in [0.5, 0.6) is 0 Å². The SMILES string of the molecule is O=C(CNC(=O)c1ccco1)NCCc1ncn[nH]1. The number of aromatic nitrogens is 3. The van der Waals surface area contributed by atoms with Gasteiger partial charge in [-0.3, -0.25) is 14.7 Å². The summed E-state index contributed by atoms with van der Waals surface area (Å²) in [4.78, 5) is 26.8. The van der Waals surface area contributed by atoms with Gasteiger partial charge >= 0.3 is 0 Å². The number of H-pyrrole nitrogens is 1. The molecular formula is C11H13N5O3. The average Bonchev–Trinajstić information content (AvgIpc) is 3.08. The molecule has 0 fully saturated rings. The van der Waals surface area contributed by atoms with Crippen molar-refractivity contribution in [3.05, 3.63) is 36.3 Å². The highest BCUT2D eigenvalue weighted by Crippen LogP contribution is 1.98. The normalized spacial score (nSPS) is 10.1. The highest BCUT2D eigenvalue weighted by atomic mass is 16.3. The lowest BCUT2D eigenvalue weighted by Crippen LogP contribution is -2.37. The molecule has 0 spiro atoms. The zero-order valence-electron chi connectivity index (χ0n) is 10.0. The van der Waals surface area contributed by atoms with Gasteiger partial charge < -0.3 is 15.1 Å². The quantitative estimate of drug-likeness (QED) is 0.649. The lowest BCUT2D eigenvalue weighted by Gasteiger charge is -2.04. The molecule has 0 saturated carbocycles. The van der Waals surface area contributed by atoms with Crippen LogP contribution < -0.4 is 10.6 Å². The van der Waals surface area contributed by atoms with Crippen LogP contribution in [0.4, 0.5) is 0 Å². The summed E-state index contributed by atoms with van der Waals surface area (Å²) in [6.45, 7) is 0.320. The molecule has 2 aromatic rings. The standard InChI is InChI=1S/C11H13N5O3/c17-10(12-4-3-9-14-7-15-16-9)6-13-11(18)8-2-1-5-19-8/h1-2,5,7H,3-4,6H2,(H,12,17)(H,13,18)(H,14,15,16). The minimum absolute atomic E-state index is 0.101. The topological polar surface area (TPSA) is 113 Å². The van der Waals surface area contributed by atoms with E-state index in [0.717, 1.165) is 0 Å². The van der Waals surface area contributed by atoms with Crippen LogP contribution in [0.2, 0.25) is 0 Å². The van der Waals surface area contributed by atoms with E-state index in [2.05, 4.69) is 25.8 Å². The number of nitrogens with one attached hydrogen (secondary N) is 3. The van der Waals surface area contributed by atoms with Gasteiger partial charge in [-0.15, -0.1) is 0 Å². The highest BCUT2D eigenvalue weighted by Gasteiger charge is 2.09. The number of rotatable bonds is 6. The van der Waals surface area contributed by atoms with Crippen molar-refractivity contribution >= 4 is 11.8 Å². The van der Waals surface area contributed by atoms with Crippen LogP contribution in [-0.4, -0.2) is 40.1 Å². The van der Waals surface area contributed by atoms with Crippen molar-refractivity contribution < 1.29 is 14.0 Å². The van der Waals surface area contributed by atoms with E-state index in [1.807, 2.05) is 0 Å². The molecule has 100 valence electrons. The number of carbonyl (C=O) groups is 2. The molecule has 0 radical (unpaired) electrons. The van der Waals surface area contributed by atoms with Crippen molar-refractivity contribution in [3.63, 3.8) is 0 Å². The van der Waals surface area contributed by atoms with Crippen molar-refractivity contribution in [2.45, 2.75) is 6.42 Å². The highest BCUT2D eigenvalue weighted by molar-refractivity contribution is 5.94. The number of nitrogens with zero attached hydrogens (tertiary/aromatic N) is 2. The molecule has 2 rings (SSSR count). The van der Waals surface area contributed by atoms with Crippen LogP contribution >= 0.6 is 0 Å². The van der Waals surface area contributed by atoms with Crippen LogP contribution in [-0.2, 0) is 11.2 Å². The number of amides is 2. The van der Waals surface area contributed by atoms with Crippen molar-refractivity contribution in [3.8, 4) is 0 Å². The third kappa shape index (κ3) is 3.95. The number of carbonyl (C=O) groups excluding carboxylic acids is 2. The second-order valence-electron chi connectivity index (χ2n) is 3.69.